The molecule has 0 aliphatic carbocycles. The number of benzene rings is 1. The van der Waals surface area contributed by atoms with Crippen LogP contribution in [0.5, 0.6) is 0 Å². The van der Waals surface area contributed by atoms with Crippen LogP contribution in [0.25, 0.3) is 0 Å². The molecule has 0 aromatic heterocycles. The van der Waals surface area contributed by atoms with E-state index in [0.29, 0.717) is 24.8 Å². The molecule has 0 spiro atoms. The van der Waals surface area contributed by atoms with Gasteiger partial charge in [-0.15, -0.1) is 11.6 Å². The lowest BCUT2D eigenvalue weighted by atomic mass is 9.87. The van der Waals surface area contributed by atoms with E-state index in [9.17, 15) is 4.79 Å². The highest BCUT2D eigenvalue weighted by atomic mass is 35.5. The van der Waals surface area contributed by atoms with E-state index in [2.05, 4.69) is 45.0 Å². The van der Waals surface area contributed by atoms with Gasteiger partial charge in [0.25, 0.3) is 0 Å². The first-order valence-corrected chi connectivity index (χ1v) is 7.37. The van der Waals surface area contributed by atoms with E-state index < -0.39 is 0 Å². The van der Waals surface area contributed by atoms with Gasteiger partial charge < -0.3 is 4.90 Å². The molecule has 0 saturated carbocycles. The molecule has 0 radical (unpaired) electrons. The fourth-order valence-electron chi connectivity index (χ4n) is 2.44. The lowest BCUT2D eigenvalue weighted by Gasteiger charge is -2.20. The number of amides is 1. The fraction of sp³-hybridized carbons (Fsp3) is 0.562. The third-order valence-corrected chi connectivity index (χ3v) is 4.14. The highest BCUT2D eigenvalue weighted by molar-refractivity contribution is 6.18. The maximum absolute atomic E-state index is 11.8. The average Bonchev–Trinajstić information content (AvgIpc) is 2.70. The number of nitrogens with zero attached hydrogens (tertiary/aromatic N) is 1. The quantitative estimate of drug-likeness (QED) is 0.775. The molecule has 1 unspecified atom stereocenters. The predicted octanol–water partition coefficient (Wildman–Crippen LogP) is 3.57. The van der Waals surface area contributed by atoms with Crippen molar-refractivity contribution in [2.75, 3.05) is 12.4 Å². The van der Waals surface area contributed by atoms with Crippen LogP contribution in [0.4, 0.5) is 0 Å². The largest absolute Gasteiger partial charge is 0.338 e. The van der Waals surface area contributed by atoms with Crippen molar-refractivity contribution in [3.63, 3.8) is 0 Å². The molecule has 1 amide bonds. The number of rotatable bonds is 3. The average molecular weight is 280 g/mol. The summed E-state index contributed by atoms with van der Waals surface area (Å²) in [4.78, 5) is 13.8. The summed E-state index contributed by atoms with van der Waals surface area (Å²) in [5, 5.41) is 0. The molecule has 1 aromatic carbocycles. The Bertz CT molecular complexity index is 447. The van der Waals surface area contributed by atoms with Gasteiger partial charge in [-0.05, 0) is 22.5 Å². The summed E-state index contributed by atoms with van der Waals surface area (Å²) >= 11 is 5.83. The molecule has 19 heavy (non-hydrogen) atoms. The van der Waals surface area contributed by atoms with Crippen LogP contribution in [0.15, 0.2) is 24.3 Å². The topological polar surface area (TPSA) is 20.3 Å². The Morgan fingerprint density at radius 2 is 1.89 bits per heavy atom. The van der Waals surface area contributed by atoms with E-state index in [-0.39, 0.29) is 11.3 Å². The summed E-state index contributed by atoms with van der Waals surface area (Å²) in [6.45, 7) is 8.12. The minimum absolute atomic E-state index is 0.172. The van der Waals surface area contributed by atoms with Crippen LogP contribution < -0.4 is 0 Å². The Kier molecular flexibility index (Phi) is 4.19. The maximum atomic E-state index is 11.8. The molecule has 104 valence electrons. The molecule has 2 rings (SSSR count). The summed E-state index contributed by atoms with van der Waals surface area (Å²) in [5.41, 5.74) is 2.69. The van der Waals surface area contributed by atoms with Crippen LogP contribution in [0.1, 0.15) is 38.3 Å². The van der Waals surface area contributed by atoms with Gasteiger partial charge in [-0.2, -0.15) is 0 Å². The number of carbonyl (C=O) groups excluding carboxylic acids is 1. The van der Waals surface area contributed by atoms with E-state index in [4.69, 9.17) is 11.6 Å². The van der Waals surface area contributed by atoms with Crippen LogP contribution in [-0.2, 0) is 16.8 Å². The van der Waals surface area contributed by atoms with Gasteiger partial charge in [0, 0.05) is 25.4 Å². The zero-order valence-electron chi connectivity index (χ0n) is 11.9. The molecule has 1 aliphatic rings. The zero-order chi connectivity index (χ0) is 14.0. The predicted molar refractivity (Wildman–Crippen MR) is 79.4 cm³/mol. The first-order chi connectivity index (χ1) is 8.90. The molecule has 0 bridgehead atoms. The standard InChI is InChI=1S/C16H22ClNO/c1-16(2,3)14-6-4-12(5-7-14)10-18-11-13(9-17)8-15(18)19/h4-7,13H,8-11H2,1-3H3. The van der Waals surface area contributed by atoms with Gasteiger partial charge >= 0.3 is 0 Å². The van der Waals surface area contributed by atoms with Crippen molar-refractivity contribution >= 4 is 17.5 Å². The van der Waals surface area contributed by atoms with Crippen molar-refractivity contribution in [3.8, 4) is 0 Å². The van der Waals surface area contributed by atoms with E-state index in [1.54, 1.807) is 0 Å². The van der Waals surface area contributed by atoms with Crippen molar-refractivity contribution in [2.45, 2.75) is 39.2 Å². The van der Waals surface area contributed by atoms with Gasteiger partial charge in [0.05, 0.1) is 0 Å². The van der Waals surface area contributed by atoms with Crippen molar-refractivity contribution in [3.05, 3.63) is 35.4 Å². The first kappa shape index (κ1) is 14.4. The summed E-state index contributed by atoms with van der Waals surface area (Å²) in [6.07, 6.45) is 0.601. The number of hydrogen-bond acceptors (Lipinski definition) is 1. The number of halogens is 1. The number of likely N-dealkylation sites (tertiary alicyclic amines) is 1. The Morgan fingerprint density at radius 1 is 1.26 bits per heavy atom. The van der Waals surface area contributed by atoms with Crippen molar-refractivity contribution in [1.29, 1.82) is 0 Å². The molecular formula is C16H22ClNO. The maximum Gasteiger partial charge on any atom is 0.223 e. The van der Waals surface area contributed by atoms with Crippen molar-refractivity contribution in [1.82, 2.24) is 4.90 Å². The second-order valence-electron chi connectivity index (χ2n) is 6.45. The van der Waals surface area contributed by atoms with Crippen LogP contribution in [0.2, 0.25) is 0 Å². The van der Waals surface area contributed by atoms with Crippen LogP contribution in [0.3, 0.4) is 0 Å². The second-order valence-corrected chi connectivity index (χ2v) is 6.75. The zero-order valence-corrected chi connectivity index (χ0v) is 12.7. The first-order valence-electron chi connectivity index (χ1n) is 6.83. The van der Waals surface area contributed by atoms with E-state index in [1.165, 1.54) is 11.1 Å². The van der Waals surface area contributed by atoms with Gasteiger partial charge in [-0.25, -0.2) is 0 Å². The van der Waals surface area contributed by atoms with Crippen molar-refractivity contribution < 1.29 is 4.79 Å². The Labute approximate surface area is 120 Å². The molecule has 1 atom stereocenters. The molecule has 2 nitrogen and oxygen atoms in total. The summed E-state index contributed by atoms with van der Waals surface area (Å²) < 4.78 is 0. The van der Waals surface area contributed by atoms with Gasteiger partial charge in [-0.3, -0.25) is 4.79 Å². The summed E-state index contributed by atoms with van der Waals surface area (Å²) in [5.74, 6) is 1.12. The Balaban J connectivity index is 2.02. The highest BCUT2D eigenvalue weighted by Crippen LogP contribution is 2.24. The van der Waals surface area contributed by atoms with Crippen LogP contribution in [-0.4, -0.2) is 23.2 Å². The minimum atomic E-state index is 0.172. The number of hydrogen-bond donors (Lipinski definition) is 0. The molecule has 1 aromatic rings. The molecule has 0 N–H and O–H groups in total. The van der Waals surface area contributed by atoms with Crippen LogP contribution in [0, 0.1) is 5.92 Å². The lowest BCUT2D eigenvalue weighted by Crippen LogP contribution is -2.24. The van der Waals surface area contributed by atoms with Gasteiger partial charge in [0.2, 0.25) is 5.91 Å². The van der Waals surface area contributed by atoms with Crippen molar-refractivity contribution in [2.24, 2.45) is 5.92 Å². The van der Waals surface area contributed by atoms with Gasteiger partial charge in [0.1, 0.15) is 0 Å². The molecule has 3 heteroatoms. The molecular weight excluding hydrogens is 258 g/mol. The number of carbonyl (C=O) groups is 1. The van der Waals surface area contributed by atoms with E-state index >= 15 is 0 Å². The third kappa shape index (κ3) is 3.50. The second kappa shape index (κ2) is 5.54. The lowest BCUT2D eigenvalue weighted by molar-refractivity contribution is -0.128. The van der Waals surface area contributed by atoms with Gasteiger partial charge in [0.15, 0.2) is 0 Å². The molecule has 1 saturated heterocycles. The fourth-order valence-corrected chi connectivity index (χ4v) is 2.65. The summed E-state index contributed by atoms with van der Waals surface area (Å²) in [6, 6.07) is 8.58. The molecule has 1 heterocycles. The number of alkyl halides is 1. The minimum Gasteiger partial charge on any atom is -0.338 e. The highest BCUT2D eigenvalue weighted by Gasteiger charge is 2.28. The smallest absolute Gasteiger partial charge is 0.223 e. The molecule has 1 fully saturated rings. The third-order valence-electron chi connectivity index (χ3n) is 3.71. The van der Waals surface area contributed by atoms with E-state index in [0.717, 1.165) is 6.54 Å². The summed E-state index contributed by atoms with van der Waals surface area (Å²) in [7, 11) is 0. The van der Waals surface area contributed by atoms with Crippen LogP contribution >= 0.6 is 11.6 Å². The van der Waals surface area contributed by atoms with Gasteiger partial charge in [-0.1, -0.05) is 45.0 Å². The Hall–Kier alpha value is -1.02. The monoisotopic (exact) mass is 279 g/mol. The molecule has 1 aliphatic heterocycles. The van der Waals surface area contributed by atoms with E-state index in [1.807, 2.05) is 4.90 Å². The Morgan fingerprint density at radius 3 is 2.37 bits per heavy atom. The SMILES string of the molecule is CC(C)(C)c1ccc(CN2CC(CCl)CC2=O)cc1. The normalized spacial score (nSPS) is 20.1.